The number of methoxy groups -OCH3 is 1. The quantitative estimate of drug-likeness (QED) is 0.708. The molecule has 0 aliphatic carbocycles. The Morgan fingerprint density at radius 3 is 2.15 bits per heavy atom. The van der Waals surface area contributed by atoms with Crippen LogP contribution in [0.4, 0.5) is 0 Å². The summed E-state index contributed by atoms with van der Waals surface area (Å²) < 4.78 is 33.1. The first-order valence-electron chi connectivity index (χ1n) is 9.05. The van der Waals surface area contributed by atoms with Crippen molar-refractivity contribution in [1.29, 1.82) is 0 Å². The molecule has 3 heterocycles. The molecular weight excluding hydrogens is 392 g/mol. The van der Waals surface area contributed by atoms with Crippen molar-refractivity contribution in [2.24, 2.45) is 0 Å². The van der Waals surface area contributed by atoms with E-state index in [1.54, 1.807) is 10.4 Å². The number of hydrogen-bond acceptors (Lipinski definition) is 5. The topological polar surface area (TPSA) is 84.0 Å². The summed E-state index contributed by atoms with van der Waals surface area (Å²) >= 11 is 6.11. The van der Waals surface area contributed by atoms with E-state index in [2.05, 4.69) is 0 Å². The Morgan fingerprint density at radius 1 is 1.04 bits per heavy atom. The minimum Gasteiger partial charge on any atom is -0.495 e. The number of piperidine rings is 1. The second-order valence-corrected chi connectivity index (χ2v) is 9.55. The van der Waals surface area contributed by atoms with Crippen molar-refractivity contribution < 1.29 is 22.7 Å². The number of sulfonamides is 1. The third kappa shape index (κ3) is 3.03. The number of carbonyl (C=O) groups excluding carboxylic acids is 2. The average molecular weight is 413 g/mol. The molecule has 2 unspecified atom stereocenters. The molecule has 2 amide bonds. The van der Waals surface area contributed by atoms with Crippen LogP contribution in [0.2, 0.25) is 5.02 Å². The zero-order chi connectivity index (χ0) is 19.3. The number of carbonyl (C=O) groups is 2. The van der Waals surface area contributed by atoms with Crippen molar-refractivity contribution in [1.82, 2.24) is 9.21 Å². The second-order valence-electron chi connectivity index (χ2n) is 7.30. The molecule has 3 aliphatic rings. The molecule has 0 aromatic heterocycles. The van der Waals surface area contributed by atoms with E-state index in [-0.39, 0.29) is 52.7 Å². The highest BCUT2D eigenvalue weighted by atomic mass is 35.5. The predicted molar refractivity (Wildman–Crippen MR) is 97.9 cm³/mol. The number of benzene rings is 1. The fraction of sp³-hybridized carbons (Fsp3) is 0.556. The first-order chi connectivity index (χ1) is 12.8. The molecule has 4 rings (SSSR count). The van der Waals surface area contributed by atoms with E-state index in [0.29, 0.717) is 18.6 Å². The number of halogens is 1. The number of nitrogens with zero attached hydrogens (tertiary/aromatic N) is 2. The summed E-state index contributed by atoms with van der Waals surface area (Å²) in [5.74, 6) is 0.147. The summed E-state index contributed by atoms with van der Waals surface area (Å²) in [4.78, 5) is 25.6. The number of amides is 2. The molecule has 9 heteroatoms. The van der Waals surface area contributed by atoms with E-state index >= 15 is 0 Å². The van der Waals surface area contributed by atoms with Gasteiger partial charge in [-0.15, -0.1) is 0 Å². The highest BCUT2D eigenvalue weighted by Crippen LogP contribution is 2.42. The molecule has 2 bridgehead atoms. The zero-order valence-corrected chi connectivity index (χ0v) is 16.5. The van der Waals surface area contributed by atoms with Crippen molar-refractivity contribution in [3.05, 3.63) is 23.2 Å². The van der Waals surface area contributed by atoms with Gasteiger partial charge >= 0.3 is 0 Å². The van der Waals surface area contributed by atoms with Crippen LogP contribution in [0.15, 0.2) is 23.1 Å². The molecule has 1 aromatic rings. The van der Waals surface area contributed by atoms with Crippen LogP contribution >= 0.6 is 11.6 Å². The third-order valence-corrected chi connectivity index (χ3v) is 8.09. The Balaban J connectivity index is 1.60. The maximum atomic E-state index is 13.2. The van der Waals surface area contributed by atoms with Gasteiger partial charge in [-0.2, -0.15) is 4.31 Å². The monoisotopic (exact) mass is 412 g/mol. The smallest absolute Gasteiger partial charge is 0.243 e. The van der Waals surface area contributed by atoms with Gasteiger partial charge in [0.25, 0.3) is 0 Å². The molecule has 0 radical (unpaired) electrons. The Labute approximate surface area is 163 Å². The summed E-state index contributed by atoms with van der Waals surface area (Å²) in [5.41, 5.74) is 0. The minimum atomic E-state index is -3.71. The third-order valence-electron chi connectivity index (χ3n) is 5.80. The fourth-order valence-electron chi connectivity index (χ4n) is 4.64. The molecule has 3 aliphatic heterocycles. The maximum absolute atomic E-state index is 13.2. The first kappa shape index (κ1) is 18.7. The number of likely N-dealkylation sites (tertiary alicyclic amines) is 1. The Hall–Kier alpha value is -1.64. The average Bonchev–Trinajstić information content (AvgIpc) is 3.11. The predicted octanol–water partition coefficient (Wildman–Crippen LogP) is 2.18. The Kier molecular flexibility index (Phi) is 4.68. The standard InChI is InChI=1S/C18H21ClN2O5S/c1-26-16-5-4-14(10-15(16)19)27(24,25)21-11-2-3-12(21)9-13(8-11)20-17(22)6-7-18(20)23/h4-5,10-13H,2-3,6-9H2,1H3. The molecule has 0 N–H and O–H groups in total. The van der Waals surface area contributed by atoms with Crippen LogP contribution in [-0.4, -0.2) is 54.7 Å². The van der Waals surface area contributed by atoms with Gasteiger partial charge in [0.2, 0.25) is 21.8 Å². The summed E-state index contributed by atoms with van der Waals surface area (Å²) in [7, 11) is -2.24. The SMILES string of the molecule is COc1ccc(S(=O)(=O)N2C3CCC2CC(N2C(=O)CCC2=O)C3)cc1Cl. The van der Waals surface area contributed by atoms with Crippen LogP contribution in [0, 0.1) is 0 Å². The van der Waals surface area contributed by atoms with Crippen LogP contribution < -0.4 is 4.74 Å². The Bertz CT molecular complexity index is 873. The largest absolute Gasteiger partial charge is 0.495 e. The highest BCUT2D eigenvalue weighted by Gasteiger charge is 2.50. The molecule has 146 valence electrons. The van der Waals surface area contributed by atoms with Gasteiger partial charge in [0, 0.05) is 31.0 Å². The normalized spacial score (nSPS) is 28.8. The van der Waals surface area contributed by atoms with Gasteiger partial charge in [0.05, 0.1) is 17.0 Å². The Morgan fingerprint density at radius 2 is 1.63 bits per heavy atom. The second kappa shape index (κ2) is 6.76. The van der Waals surface area contributed by atoms with Crippen molar-refractivity contribution >= 4 is 33.4 Å². The summed E-state index contributed by atoms with van der Waals surface area (Å²) in [6, 6.07) is 3.84. The number of hydrogen-bond donors (Lipinski definition) is 0. The van der Waals surface area contributed by atoms with Crippen LogP contribution in [0.25, 0.3) is 0 Å². The van der Waals surface area contributed by atoms with Gasteiger partial charge in [-0.05, 0) is 43.9 Å². The lowest BCUT2D eigenvalue weighted by atomic mass is 9.98. The number of fused-ring (bicyclic) bond motifs is 2. The van der Waals surface area contributed by atoms with E-state index in [1.165, 1.54) is 24.1 Å². The molecule has 2 atom stereocenters. The summed E-state index contributed by atoms with van der Waals surface area (Å²) in [6.45, 7) is 0. The van der Waals surface area contributed by atoms with Crippen LogP contribution in [0.1, 0.15) is 38.5 Å². The summed E-state index contributed by atoms with van der Waals surface area (Å²) in [6.07, 6.45) is 2.99. The van der Waals surface area contributed by atoms with Gasteiger partial charge in [-0.25, -0.2) is 8.42 Å². The maximum Gasteiger partial charge on any atom is 0.243 e. The van der Waals surface area contributed by atoms with Gasteiger partial charge in [-0.3, -0.25) is 14.5 Å². The van der Waals surface area contributed by atoms with E-state index in [4.69, 9.17) is 16.3 Å². The molecule has 7 nitrogen and oxygen atoms in total. The molecule has 1 aromatic carbocycles. The first-order valence-corrected chi connectivity index (χ1v) is 10.9. The van der Waals surface area contributed by atoms with E-state index in [0.717, 1.165) is 12.8 Å². The lowest BCUT2D eigenvalue weighted by molar-refractivity contribution is -0.142. The van der Waals surface area contributed by atoms with E-state index < -0.39 is 10.0 Å². The molecular formula is C18H21ClN2O5S. The number of imide groups is 1. The minimum absolute atomic E-state index is 0.136. The van der Waals surface area contributed by atoms with Crippen molar-refractivity contribution in [2.75, 3.05) is 7.11 Å². The molecule has 3 fully saturated rings. The fourth-order valence-corrected chi connectivity index (χ4v) is 6.88. The van der Waals surface area contributed by atoms with Crippen molar-refractivity contribution in [3.63, 3.8) is 0 Å². The zero-order valence-electron chi connectivity index (χ0n) is 14.9. The lowest BCUT2D eigenvalue weighted by Crippen LogP contribution is -2.53. The van der Waals surface area contributed by atoms with Crippen LogP contribution in [-0.2, 0) is 19.6 Å². The van der Waals surface area contributed by atoms with Gasteiger partial charge in [0.15, 0.2) is 0 Å². The molecule has 0 spiro atoms. The number of ether oxygens (including phenoxy) is 1. The van der Waals surface area contributed by atoms with Crippen molar-refractivity contribution in [2.45, 2.75) is 61.5 Å². The van der Waals surface area contributed by atoms with Crippen LogP contribution in [0.3, 0.4) is 0 Å². The van der Waals surface area contributed by atoms with Gasteiger partial charge in [0.1, 0.15) is 5.75 Å². The van der Waals surface area contributed by atoms with Crippen LogP contribution in [0.5, 0.6) is 5.75 Å². The van der Waals surface area contributed by atoms with Gasteiger partial charge in [-0.1, -0.05) is 11.6 Å². The molecule has 3 saturated heterocycles. The molecule has 27 heavy (non-hydrogen) atoms. The van der Waals surface area contributed by atoms with E-state index in [1.807, 2.05) is 0 Å². The number of rotatable bonds is 4. The molecule has 0 saturated carbocycles. The van der Waals surface area contributed by atoms with E-state index in [9.17, 15) is 18.0 Å². The van der Waals surface area contributed by atoms with Crippen molar-refractivity contribution in [3.8, 4) is 5.75 Å². The van der Waals surface area contributed by atoms with Gasteiger partial charge < -0.3 is 4.74 Å². The summed E-state index contributed by atoms with van der Waals surface area (Å²) in [5, 5.41) is 0.245. The highest BCUT2D eigenvalue weighted by molar-refractivity contribution is 7.89. The lowest BCUT2D eigenvalue weighted by Gasteiger charge is -2.40.